The van der Waals surface area contributed by atoms with Crippen molar-refractivity contribution >= 4 is 39.1 Å². The topological polar surface area (TPSA) is 53.2 Å². The SMILES string of the molecule is N#Cc1c(Cl)cc(Oc2ccc(Br)c(CO)c2)cc1Cl. The molecule has 0 aliphatic rings. The fraction of sp³-hybridized carbons (Fsp3) is 0.0714. The lowest BCUT2D eigenvalue weighted by molar-refractivity contribution is 0.280. The Labute approximate surface area is 134 Å². The van der Waals surface area contributed by atoms with Gasteiger partial charge < -0.3 is 9.84 Å². The Morgan fingerprint density at radius 2 is 1.80 bits per heavy atom. The van der Waals surface area contributed by atoms with E-state index in [1.54, 1.807) is 18.2 Å². The highest BCUT2D eigenvalue weighted by molar-refractivity contribution is 9.10. The summed E-state index contributed by atoms with van der Waals surface area (Å²) in [5, 5.41) is 18.5. The van der Waals surface area contributed by atoms with Crippen molar-refractivity contribution in [1.82, 2.24) is 0 Å². The Balaban J connectivity index is 2.33. The summed E-state index contributed by atoms with van der Waals surface area (Å²) < 4.78 is 6.42. The zero-order valence-electron chi connectivity index (χ0n) is 10.0. The van der Waals surface area contributed by atoms with Gasteiger partial charge in [0, 0.05) is 16.6 Å². The summed E-state index contributed by atoms with van der Waals surface area (Å²) in [5.41, 5.74) is 0.917. The summed E-state index contributed by atoms with van der Waals surface area (Å²) in [4.78, 5) is 0. The first-order valence-electron chi connectivity index (χ1n) is 5.51. The highest BCUT2D eigenvalue weighted by atomic mass is 79.9. The minimum absolute atomic E-state index is 0.104. The molecule has 0 aromatic heterocycles. The second kappa shape index (κ2) is 6.47. The first-order valence-corrected chi connectivity index (χ1v) is 7.06. The van der Waals surface area contributed by atoms with Gasteiger partial charge in [-0.3, -0.25) is 0 Å². The molecule has 0 spiro atoms. The molecule has 0 saturated heterocycles. The quantitative estimate of drug-likeness (QED) is 0.832. The van der Waals surface area contributed by atoms with Gasteiger partial charge in [-0.2, -0.15) is 5.26 Å². The number of hydrogen-bond donors (Lipinski definition) is 1. The van der Waals surface area contributed by atoms with Crippen LogP contribution < -0.4 is 4.74 Å². The summed E-state index contributed by atoms with van der Waals surface area (Å²) in [6.07, 6.45) is 0. The highest BCUT2D eigenvalue weighted by Crippen LogP contribution is 2.33. The van der Waals surface area contributed by atoms with Gasteiger partial charge in [-0.05, 0) is 23.8 Å². The normalized spacial score (nSPS) is 10.2. The van der Waals surface area contributed by atoms with E-state index in [9.17, 15) is 5.11 Å². The molecule has 0 atom stereocenters. The van der Waals surface area contributed by atoms with Crippen molar-refractivity contribution in [3.8, 4) is 17.6 Å². The molecule has 0 bridgehead atoms. The molecule has 2 aromatic rings. The van der Waals surface area contributed by atoms with E-state index in [0.717, 1.165) is 4.47 Å². The summed E-state index contributed by atoms with van der Waals surface area (Å²) in [6, 6.07) is 10.2. The number of nitrogens with zero attached hydrogens (tertiary/aromatic N) is 1. The van der Waals surface area contributed by atoms with Crippen LogP contribution in [-0.4, -0.2) is 5.11 Å². The van der Waals surface area contributed by atoms with Crippen molar-refractivity contribution in [2.24, 2.45) is 0 Å². The zero-order valence-corrected chi connectivity index (χ0v) is 13.1. The molecule has 2 aromatic carbocycles. The van der Waals surface area contributed by atoms with Crippen molar-refractivity contribution in [2.75, 3.05) is 0 Å². The second-order valence-electron chi connectivity index (χ2n) is 3.89. The number of aliphatic hydroxyl groups excluding tert-OH is 1. The Hall–Kier alpha value is -1.25. The van der Waals surface area contributed by atoms with Crippen LogP contribution in [0.3, 0.4) is 0 Å². The molecule has 2 rings (SSSR count). The number of halogens is 3. The van der Waals surface area contributed by atoms with Crippen LogP contribution in [0.1, 0.15) is 11.1 Å². The predicted molar refractivity (Wildman–Crippen MR) is 81.3 cm³/mol. The van der Waals surface area contributed by atoms with Gasteiger partial charge in [-0.1, -0.05) is 39.1 Å². The average Bonchev–Trinajstić information content (AvgIpc) is 2.40. The minimum Gasteiger partial charge on any atom is -0.457 e. The van der Waals surface area contributed by atoms with Gasteiger partial charge in [0.05, 0.1) is 22.2 Å². The molecule has 0 amide bonds. The number of aliphatic hydroxyl groups is 1. The van der Waals surface area contributed by atoms with E-state index in [1.165, 1.54) is 12.1 Å². The summed E-state index contributed by atoms with van der Waals surface area (Å²) >= 11 is 15.2. The maximum absolute atomic E-state index is 9.20. The molecule has 0 heterocycles. The van der Waals surface area contributed by atoms with E-state index in [2.05, 4.69) is 15.9 Å². The molecule has 102 valence electrons. The van der Waals surface area contributed by atoms with Crippen LogP contribution in [0.2, 0.25) is 10.0 Å². The highest BCUT2D eigenvalue weighted by Gasteiger charge is 2.10. The number of benzene rings is 2. The van der Waals surface area contributed by atoms with E-state index in [1.807, 2.05) is 6.07 Å². The van der Waals surface area contributed by atoms with Crippen LogP contribution >= 0.6 is 39.1 Å². The standard InChI is InChI=1S/C14H8BrCl2NO2/c15-12-2-1-9(3-8(12)7-19)20-10-4-13(16)11(6-18)14(17)5-10/h1-5,19H,7H2. The number of rotatable bonds is 3. The minimum atomic E-state index is -0.104. The average molecular weight is 373 g/mol. The van der Waals surface area contributed by atoms with Gasteiger partial charge in [0.1, 0.15) is 17.6 Å². The van der Waals surface area contributed by atoms with Crippen LogP contribution in [0.5, 0.6) is 11.5 Å². The Bertz CT molecular complexity index is 675. The van der Waals surface area contributed by atoms with Crippen molar-refractivity contribution in [3.05, 3.63) is 56.0 Å². The third-order valence-electron chi connectivity index (χ3n) is 2.55. The third kappa shape index (κ3) is 3.25. The van der Waals surface area contributed by atoms with Crippen molar-refractivity contribution in [3.63, 3.8) is 0 Å². The zero-order chi connectivity index (χ0) is 14.7. The van der Waals surface area contributed by atoms with Gasteiger partial charge in [-0.25, -0.2) is 0 Å². The first-order chi connectivity index (χ1) is 9.55. The number of ether oxygens (including phenoxy) is 1. The predicted octanol–water partition coefficient (Wildman–Crippen LogP) is 4.91. The molecule has 3 nitrogen and oxygen atoms in total. The fourth-order valence-corrected chi connectivity index (χ4v) is 2.51. The third-order valence-corrected chi connectivity index (χ3v) is 3.92. The summed E-state index contributed by atoms with van der Waals surface area (Å²) in [7, 11) is 0. The Morgan fingerprint density at radius 1 is 1.15 bits per heavy atom. The van der Waals surface area contributed by atoms with E-state index >= 15 is 0 Å². The van der Waals surface area contributed by atoms with Gasteiger partial charge in [0.25, 0.3) is 0 Å². The van der Waals surface area contributed by atoms with Crippen LogP contribution in [0.4, 0.5) is 0 Å². The maximum Gasteiger partial charge on any atom is 0.130 e. The smallest absolute Gasteiger partial charge is 0.130 e. The summed E-state index contributed by atoms with van der Waals surface area (Å²) in [6.45, 7) is -0.104. The monoisotopic (exact) mass is 371 g/mol. The molecule has 1 N–H and O–H groups in total. The van der Waals surface area contributed by atoms with E-state index < -0.39 is 0 Å². The molecule has 0 aliphatic carbocycles. The maximum atomic E-state index is 9.20. The molecule has 0 unspecified atom stereocenters. The molecule has 0 aliphatic heterocycles. The molecule has 0 fully saturated rings. The van der Waals surface area contributed by atoms with Crippen LogP contribution in [0.15, 0.2) is 34.8 Å². The molecule has 6 heteroatoms. The van der Waals surface area contributed by atoms with Gasteiger partial charge in [0.15, 0.2) is 0 Å². The van der Waals surface area contributed by atoms with Crippen molar-refractivity contribution < 1.29 is 9.84 Å². The lowest BCUT2D eigenvalue weighted by Gasteiger charge is -2.09. The lowest BCUT2D eigenvalue weighted by atomic mass is 10.2. The molecular weight excluding hydrogens is 365 g/mol. The fourth-order valence-electron chi connectivity index (χ4n) is 1.59. The van der Waals surface area contributed by atoms with E-state index in [4.69, 9.17) is 33.2 Å². The lowest BCUT2D eigenvalue weighted by Crippen LogP contribution is -1.90. The van der Waals surface area contributed by atoms with Gasteiger partial charge >= 0.3 is 0 Å². The van der Waals surface area contributed by atoms with E-state index in [0.29, 0.717) is 17.1 Å². The molecule has 0 saturated carbocycles. The van der Waals surface area contributed by atoms with Gasteiger partial charge in [-0.15, -0.1) is 0 Å². The van der Waals surface area contributed by atoms with Crippen molar-refractivity contribution in [1.29, 1.82) is 5.26 Å². The number of nitriles is 1. The van der Waals surface area contributed by atoms with Crippen LogP contribution in [-0.2, 0) is 6.61 Å². The van der Waals surface area contributed by atoms with Crippen molar-refractivity contribution in [2.45, 2.75) is 6.61 Å². The molecular formula is C14H8BrCl2NO2. The molecule has 20 heavy (non-hydrogen) atoms. The Kier molecular flexibility index (Phi) is 4.90. The molecule has 0 radical (unpaired) electrons. The second-order valence-corrected chi connectivity index (χ2v) is 5.56. The number of hydrogen-bond acceptors (Lipinski definition) is 3. The summed E-state index contributed by atoms with van der Waals surface area (Å²) in [5.74, 6) is 0.958. The van der Waals surface area contributed by atoms with E-state index in [-0.39, 0.29) is 22.2 Å². The first kappa shape index (κ1) is 15.1. The van der Waals surface area contributed by atoms with Crippen LogP contribution in [0.25, 0.3) is 0 Å². The van der Waals surface area contributed by atoms with Gasteiger partial charge in [0.2, 0.25) is 0 Å². The van der Waals surface area contributed by atoms with Crippen LogP contribution in [0, 0.1) is 11.3 Å². The largest absolute Gasteiger partial charge is 0.457 e. The Morgan fingerprint density at radius 3 is 2.35 bits per heavy atom.